The van der Waals surface area contributed by atoms with Gasteiger partial charge < -0.3 is 4.90 Å². The van der Waals surface area contributed by atoms with E-state index < -0.39 is 10.0 Å². The van der Waals surface area contributed by atoms with Crippen molar-refractivity contribution < 1.29 is 8.42 Å². The van der Waals surface area contributed by atoms with Gasteiger partial charge in [-0.3, -0.25) is 5.01 Å². The second-order valence-electron chi connectivity index (χ2n) is 8.30. The van der Waals surface area contributed by atoms with Gasteiger partial charge in [-0.1, -0.05) is 48.5 Å². The summed E-state index contributed by atoms with van der Waals surface area (Å²) in [4.78, 5) is 2.56. The molecule has 0 amide bonds. The summed E-state index contributed by atoms with van der Waals surface area (Å²) in [5.41, 5.74) is 2.17. The number of likely N-dealkylation sites (N-methyl/N-ethyl adjacent to an activating group) is 1. The minimum absolute atomic E-state index is 0.280. The molecule has 1 aliphatic rings. The predicted molar refractivity (Wildman–Crippen MR) is 130 cm³/mol. The van der Waals surface area contributed by atoms with Crippen molar-refractivity contribution in [1.82, 2.24) is 13.9 Å². The van der Waals surface area contributed by atoms with E-state index in [1.165, 1.54) is 3.97 Å². The summed E-state index contributed by atoms with van der Waals surface area (Å²) in [6.07, 6.45) is 1.81. The van der Waals surface area contributed by atoms with E-state index in [0.29, 0.717) is 11.2 Å². The van der Waals surface area contributed by atoms with E-state index >= 15 is 0 Å². The lowest BCUT2D eigenvalue weighted by Gasteiger charge is -2.30. The molecule has 6 nitrogen and oxygen atoms in total. The van der Waals surface area contributed by atoms with Crippen LogP contribution in [0.3, 0.4) is 0 Å². The van der Waals surface area contributed by atoms with Crippen LogP contribution in [0.4, 0.5) is 0 Å². The van der Waals surface area contributed by atoms with E-state index in [0.717, 1.165) is 47.9 Å². The van der Waals surface area contributed by atoms with E-state index in [2.05, 4.69) is 17.0 Å². The molecule has 0 aliphatic carbocycles. The summed E-state index contributed by atoms with van der Waals surface area (Å²) >= 11 is 0. The van der Waals surface area contributed by atoms with Crippen LogP contribution in [0.1, 0.15) is 11.3 Å². The predicted octanol–water partition coefficient (Wildman–Crippen LogP) is 3.92. The molecule has 1 aromatic heterocycles. The van der Waals surface area contributed by atoms with Gasteiger partial charge in [-0.25, -0.2) is 12.4 Å². The molecule has 0 spiro atoms. The SMILES string of the molecule is Cc1c(/C=N/N2CCN(C)CC2)c2ccccc2n1S(=O)(=O)c1ccc2ccccc2c1. The molecule has 2 heterocycles. The summed E-state index contributed by atoms with van der Waals surface area (Å²) in [6.45, 7) is 5.51. The molecule has 0 radical (unpaired) electrons. The molecule has 5 rings (SSSR count). The van der Waals surface area contributed by atoms with Gasteiger partial charge in [0.1, 0.15) is 0 Å². The van der Waals surface area contributed by atoms with Crippen molar-refractivity contribution in [2.45, 2.75) is 11.8 Å². The lowest BCUT2D eigenvalue weighted by Crippen LogP contribution is -2.41. The first-order chi connectivity index (χ1) is 15.4. The van der Waals surface area contributed by atoms with Crippen molar-refractivity contribution in [3.8, 4) is 0 Å². The molecule has 0 N–H and O–H groups in total. The summed E-state index contributed by atoms with van der Waals surface area (Å²) in [7, 11) is -1.67. The molecule has 1 aliphatic heterocycles. The molecule has 0 unspecified atom stereocenters. The Labute approximate surface area is 188 Å². The molecule has 1 fully saturated rings. The van der Waals surface area contributed by atoms with Crippen molar-refractivity contribution in [2.24, 2.45) is 5.10 Å². The average Bonchev–Trinajstić information content (AvgIpc) is 3.10. The standard InChI is InChI=1S/C25H26N4O2S/c1-19-24(18-26-28-15-13-27(2)14-16-28)23-9-5-6-10-25(23)29(19)32(30,31)22-12-11-20-7-3-4-8-21(20)17-22/h3-12,17-18H,13-16H2,1-2H3/b26-18+. The first-order valence-electron chi connectivity index (χ1n) is 10.8. The first kappa shape index (κ1) is 20.7. The van der Waals surface area contributed by atoms with Gasteiger partial charge >= 0.3 is 0 Å². The highest BCUT2D eigenvalue weighted by atomic mass is 32.2. The van der Waals surface area contributed by atoms with Crippen LogP contribution in [-0.4, -0.2) is 61.7 Å². The van der Waals surface area contributed by atoms with Crippen LogP contribution in [0.15, 0.2) is 76.7 Å². The average molecular weight is 447 g/mol. The fourth-order valence-electron chi connectivity index (χ4n) is 4.32. The van der Waals surface area contributed by atoms with Crippen LogP contribution in [0.2, 0.25) is 0 Å². The summed E-state index contributed by atoms with van der Waals surface area (Å²) in [6, 6.07) is 20.7. The van der Waals surface area contributed by atoms with Crippen LogP contribution >= 0.6 is 0 Å². The second kappa shape index (κ2) is 8.07. The largest absolute Gasteiger partial charge is 0.303 e. The minimum Gasteiger partial charge on any atom is -0.303 e. The van der Waals surface area contributed by atoms with E-state index in [1.807, 2.05) is 72.7 Å². The Balaban J connectivity index is 1.61. The summed E-state index contributed by atoms with van der Waals surface area (Å²) in [5.74, 6) is 0. The summed E-state index contributed by atoms with van der Waals surface area (Å²) in [5, 5.41) is 9.52. The van der Waals surface area contributed by atoms with Crippen molar-refractivity contribution in [3.63, 3.8) is 0 Å². The number of piperazine rings is 1. The van der Waals surface area contributed by atoms with Gasteiger partial charge in [-0.15, -0.1) is 0 Å². The minimum atomic E-state index is -3.78. The Morgan fingerprint density at radius 2 is 1.56 bits per heavy atom. The van der Waals surface area contributed by atoms with Gasteiger partial charge in [-0.05, 0) is 42.9 Å². The van der Waals surface area contributed by atoms with Gasteiger partial charge in [-0.2, -0.15) is 5.10 Å². The van der Waals surface area contributed by atoms with E-state index in [9.17, 15) is 8.42 Å². The molecule has 164 valence electrons. The molecule has 0 bridgehead atoms. The number of hydrogen-bond donors (Lipinski definition) is 0. The van der Waals surface area contributed by atoms with Crippen LogP contribution in [-0.2, 0) is 10.0 Å². The Hall–Kier alpha value is -3.16. The topological polar surface area (TPSA) is 57.9 Å². The zero-order valence-electron chi connectivity index (χ0n) is 18.3. The van der Waals surface area contributed by atoms with Crippen LogP contribution < -0.4 is 0 Å². The van der Waals surface area contributed by atoms with Gasteiger partial charge in [0.25, 0.3) is 10.0 Å². The molecular weight excluding hydrogens is 420 g/mol. The number of aromatic nitrogens is 1. The Kier molecular flexibility index (Phi) is 5.23. The maximum Gasteiger partial charge on any atom is 0.268 e. The van der Waals surface area contributed by atoms with E-state index in [1.54, 1.807) is 12.1 Å². The molecule has 0 atom stereocenters. The zero-order chi connectivity index (χ0) is 22.3. The third-order valence-electron chi connectivity index (χ3n) is 6.20. The van der Waals surface area contributed by atoms with Gasteiger partial charge in [0.05, 0.1) is 16.6 Å². The quantitative estimate of drug-likeness (QED) is 0.446. The molecule has 7 heteroatoms. The lowest BCUT2D eigenvalue weighted by molar-refractivity contribution is 0.159. The zero-order valence-corrected chi connectivity index (χ0v) is 19.1. The number of hydrogen-bond acceptors (Lipinski definition) is 5. The summed E-state index contributed by atoms with van der Waals surface area (Å²) < 4.78 is 29.0. The van der Waals surface area contributed by atoms with Crippen molar-refractivity contribution in [2.75, 3.05) is 33.2 Å². The van der Waals surface area contributed by atoms with Crippen LogP contribution in [0, 0.1) is 6.92 Å². The lowest BCUT2D eigenvalue weighted by atomic mass is 10.1. The van der Waals surface area contributed by atoms with Gasteiger partial charge in [0.2, 0.25) is 0 Å². The Bertz CT molecular complexity index is 1430. The number of rotatable bonds is 4. The van der Waals surface area contributed by atoms with Crippen LogP contribution in [0.25, 0.3) is 21.7 Å². The van der Waals surface area contributed by atoms with Crippen molar-refractivity contribution >= 4 is 37.9 Å². The number of para-hydroxylation sites is 1. The van der Waals surface area contributed by atoms with Crippen molar-refractivity contribution in [1.29, 1.82) is 0 Å². The monoisotopic (exact) mass is 446 g/mol. The second-order valence-corrected chi connectivity index (χ2v) is 10.1. The number of fused-ring (bicyclic) bond motifs is 2. The molecule has 32 heavy (non-hydrogen) atoms. The molecule has 3 aromatic carbocycles. The highest BCUT2D eigenvalue weighted by Crippen LogP contribution is 2.30. The van der Waals surface area contributed by atoms with E-state index in [4.69, 9.17) is 0 Å². The number of benzene rings is 3. The molecule has 1 saturated heterocycles. The maximum absolute atomic E-state index is 13.8. The van der Waals surface area contributed by atoms with E-state index in [-0.39, 0.29) is 4.90 Å². The number of hydrazone groups is 1. The molecule has 0 saturated carbocycles. The Morgan fingerprint density at radius 1 is 0.875 bits per heavy atom. The normalized spacial score (nSPS) is 15.9. The van der Waals surface area contributed by atoms with Gasteiger partial charge in [0.15, 0.2) is 0 Å². The molecule has 4 aromatic rings. The highest BCUT2D eigenvalue weighted by Gasteiger charge is 2.24. The highest BCUT2D eigenvalue weighted by molar-refractivity contribution is 7.90. The Morgan fingerprint density at radius 3 is 2.34 bits per heavy atom. The fraction of sp³-hybridized carbons (Fsp3) is 0.240. The smallest absolute Gasteiger partial charge is 0.268 e. The fourth-order valence-corrected chi connectivity index (χ4v) is 5.92. The third-order valence-corrected chi connectivity index (χ3v) is 8.00. The molecular formula is C25H26N4O2S. The van der Waals surface area contributed by atoms with Crippen molar-refractivity contribution in [3.05, 3.63) is 78.0 Å². The first-order valence-corrected chi connectivity index (χ1v) is 12.2. The number of nitrogens with zero attached hydrogens (tertiary/aromatic N) is 4. The van der Waals surface area contributed by atoms with Crippen LogP contribution in [0.5, 0.6) is 0 Å². The van der Waals surface area contributed by atoms with Gasteiger partial charge in [0, 0.05) is 42.8 Å². The maximum atomic E-state index is 13.8. The third kappa shape index (κ3) is 3.57.